The second-order valence-electron chi connectivity index (χ2n) is 11.5. The van der Waals surface area contributed by atoms with Crippen molar-refractivity contribution in [1.29, 1.82) is 0 Å². The fourth-order valence-corrected chi connectivity index (χ4v) is 7.39. The Bertz CT molecular complexity index is 1510. The summed E-state index contributed by atoms with van der Waals surface area (Å²) in [6.45, 7) is 3.10. The van der Waals surface area contributed by atoms with Gasteiger partial charge in [-0.1, -0.05) is 6.07 Å². The molecule has 10 heteroatoms. The number of aromatic nitrogens is 4. The monoisotopic (exact) mass is 540 g/mol. The lowest BCUT2D eigenvalue weighted by atomic mass is 9.96. The molecular formula is C28H31F3N6S. The normalized spacial score (nSPS) is 20.2. The molecule has 4 aromatic rings. The SMILES string of the molecule is CN1CCC(CNc2nn3c(-c4cc5c(C(F)(F)F)cccc5s4)nnc3c3c2CCC2(CC3)CC2)CC1. The molecule has 38 heavy (non-hydrogen) atoms. The van der Waals surface area contributed by atoms with Crippen molar-refractivity contribution in [1.82, 2.24) is 24.7 Å². The fraction of sp³-hybridized carbons (Fsp3) is 0.536. The van der Waals surface area contributed by atoms with Gasteiger partial charge < -0.3 is 10.2 Å². The number of fused-ring (bicyclic) bond motifs is 4. The van der Waals surface area contributed by atoms with E-state index >= 15 is 0 Å². The van der Waals surface area contributed by atoms with Crippen molar-refractivity contribution in [3.05, 3.63) is 41.0 Å². The van der Waals surface area contributed by atoms with Crippen LogP contribution in [0.3, 0.4) is 0 Å². The van der Waals surface area contributed by atoms with E-state index in [-0.39, 0.29) is 5.39 Å². The van der Waals surface area contributed by atoms with E-state index in [1.807, 2.05) is 0 Å². The Hall–Kier alpha value is -2.72. The molecule has 0 amide bonds. The van der Waals surface area contributed by atoms with Crippen LogP contribution in [-0.2, 0) is 19.0 Å². The Balaban J connectivity index is 1.31. The lowest BCUT2D eigenvalue weighted by molar-refractivity contribution is -0.136. The summed E-state index contributed by atoms with van der Waals surface area (Å²) in [5, 5.41) is 18.0. The van der Waals surface area contributed by atoms with E-state index in [1.165, 1.54) is 47.8 Å². The van der Waals surface area contributed by atoms with E-state index < -0.39 is 11.7 Å². The molecule has 0 bridgehead atoms. The molecule has 0 unspecified atom stereocenters. The molecule has 7 rings (SSSR count). The molecule has 3 aliphatic rings. The minimum Gasteiger partial charge on any atom is -0.368 e. The number of hydrogen-bond donors (Lipinski definition) is 1. The zero-order valence-corrected chi connectivity index (χ0v) is 22.3. The van der Waals surface area contributed by atoms with Gasteiger partial charge in [0.1, 0.15) is 0 Å². The Morgan fingerprint density at radius 3 is 2.55 bits per heavy atom. The number of anilines is 1. The molecule has 1 saturated heterocycles. The predicted molar refractivity (Wildman–Crippen MR) is 144 cm³/mol. The second kappa shape index (κ2) is 8.91. The van der Waals surface area contributed by atoms with Gasteiger partial charge in [-0.15, -0.1) is 26.6 Å². The third-order valence-electron chi connectivity index (χ3n) is 9.01. The number of halogens is 3. The summed E-state index contributed by atoms with van der Waals surface area (Å²) in [5.74, 6) is 2.00. The van der Waals surface area contributed by atoms with Gasteiger partial charge >= 0.3 is 6.18 Å². The van der Waals surface area contributed by atoms with Crippen molar-refractivity contribution < 1.29 is 13.2 Å². The molecule has 0 radical (unpaired) electrons. The molecule has 200 valence electrons. The van der Waals surface area contributed by atoms with E-state index in [0.29, 0.717) is 26.7 Å². The van der Waals surface area contributed by atoms with Gasteiger partial charge in [-0.2, -0.15) is 17.7 Å². The van der Waals surface area contributed by atoms with Crippen molar-refractivity contribution in [3.63, 3.8) is 0 Å². The predicted octanol–water partition coefficient (Wildman–Crippen LogP) is 6.44. The third kappa shape index (κ3) is 4.25. The highest BCUT2D eigenvalue weighted by Gasteiger charge is 2.43. The van der Waals surface area contributed by atoms with Gasteiger partial charge in [-0.25, -0.2) is 0 Å². The van der Waals surface area contributed by atoms with Crippen LogP contribution in [0.5, 0.6) is 0 Å². The first-order valence-corrected chi connectivity index (χ1v) is 14.4. The van der Waals surface area contributed by atoms with Crippen LogP contribution in [0.25, 0.3) is 26.4 Å². The summed E-state index contributed by atoms with van der Waals surface area (Å²) in [7, 11) is 2.17. The standard InChI is InChI=1S/C28H31F3N6S/c1-36-13-7-17(8-14-36)16-32-24-18-5-9-27(11-12-27)10-6-19(18)25-33-34-26(37(25)35-24)23-15-20-21(28(29,30)31)3-2-4-22(20)38-23/h2-4,15,17H,5-14,16H2,1H3,(H,32,35). The van der Waals surface area contributed by atoms with Crippen LogP contribution in [0.4, 0.5) is 19.0 Å². The quantitative estimate of drug-likeness (QED) is 0.323. The average molecular weight is 541 g/mol. The number of nitrogens with zero attached hydrogens (tertiary/aromatic N) is 5. The van der Waals surface area contributed by atoms with Crippen LogP contribution in [0.2, 0.25) is 0 Å². The molecule has 1 N–H and O–H groups in total. The van der Waals surface area contributed by atoms with Crippen molar-refractivity contribution in [2.45, 2.75) is 57.5 Å². The number of benzene rings is 1. The minimum absolute atomic E-state index is 0.197. The summed E-state index contributed by atoms with van der Waals surface area (Å²) in [5.41, 5.74) is 3.03. The first kappa shape index (κ1) is 24.3. The zero-order chi connectivity index (χ0) is 26.1. The number of thiophene rings is 1. The second-order valence-corrected chi connectivity index (χ2v) is 12.6. The first-order valence-electron chi connectivity index (χ1n) is 13.6. The van der Waals surface area contributed by atoms with Crippen LogP contribution in [0.15, 0.2) is 24.3 Å². The number of hydrogen-bond acceptors (Lipinski definition) is 6. The van der Waals surface area contributed by atoms with E-state index in [2.05, 4.69) is 27.5 Å². The van der Waals surface area contributed by atoms with Crippen molar-refractivity contribution in [2.75, 3.05) is 32.0 Å². The van der Waals surface area contributed by atoms with Crippen LogP contribution in [-0.4, -0.2) is 51.4 Å². The number of aryl methyl sites for hydroxylation is 1. The highest BCUT2D eigenvalue weighted by atomic mass is 32.1. The maximum atomic E-state index is 13.7. The van der Waals surface area contributed by atoms with E-state index in [1.54, 1.807) is 16.6 Å². The van der Waals surface area contributed by atoms with Crippen LogP contribution >= 0.6 is 11.3 Å². The van der Waals surface area contributed by atoms with Gasteiger partial charge in [0.2, 0.25) is 0 Å². The number of nitrogens with one attached hydrogen (secondary N) is 1. The average Bonchev–Trinajstić information content (AvgIpc) is 3.40. The Morgan fingerprint density at radius 1 is 1.05 bits per heavy atom. The Labute approximate surface area is 223 Å². The summed E-state index contributed by atoms with van der Waals surface area (Å²) >= 11 is 1.31. The van der Waals surface area contributed by atoms with Gasteiger partial charge in [0.05, 0.1) is 10.4 Å². The van der Waals surface area contributed by atoms with Gasteiger partial charge in [-0.3, -0.25) is 0 Å². The number of piperidine rings is 1. The van der Waals surface area contributed by atoms with E-state index in [4.69, 9.17) is 5.10 Å². The van der Waals surface area contributed by atoms with Gasteiger partial charge in [0.25, 0.3) is 0 Å². The van der Waals surface area contributed by atoms with Gasteiger partial charge in [0.15, 0.2) is 17.3 Å². The first-order chi connectivity index (χ1) is 18.3. The highest BCUT2D eigenvalue weighted by Crippen LogP contribution is 2.55. The van der Waals surface area contributed by atoms with Crippen LogP contribution < -0.4 is 5.32 Å². The van der Waals surface area contributed by atoms with Crippen LogP contribution in [0, 0.1) is 11.3 Å². The minimum atomic E-state index is -4.41. The van der Waals surface area contributed by atoms with Crippen molar-refractivity contribution >= 4 is 32.9 Å². The topological polar surface area (TPSA) is 58.4 Å². The van der Waals surface area contributed by atoms with E-state index in [0.717, 1.165) is 69.3 Å². The molecule has 2 fully saturated rings. The summed E-state index contributed by atoms with van der Waals surface area (Å²) < 4.78 is 43.4. The molecule has 3 aromatic heterocycles. The van der Waals surface area contributed by atoms with Crippen molar-refractivity contribution in [3.8, 4) is 10.7 Å². The summed E-state index contributed by atoms with van der Waals surface area (Å²) in [6, 6.07) is 5.92. The van der Waals surface area contributed by atoms with Crippen molar-refractivity contribution in [2.24, 2.45) is 11.3 Å². The zero-order valence-electron chi connectivity index (χ0n) is 21.4. The Kier molecular flexibility index (Phi) is 5.70. The molecule has 1 aliphatic heterocycles. The molecular weight excluding hydrogens is 509 g/mol. The number of rotatable bonds is 4. The maximum Gasteiger partial charge on any atom is 0.417 e. The lowest BCUT2D eigenvalue weighted by Gasteiger charge is -2.29. The fourth-order valence-electron chi connectivity index (χ4n) is 6.34. The molecule has 0 atom stereocenters. The smallest absolute Gasteiger partial charge is 0.368 e. The third-order valence-corrected chi connectivity index (χ3v) is 10.1. The number of alkyl halides is 3. The summed E-state index contributed by atoms with van der Waals surface area (Å²) in [4.78, 5) is 3.02. The molecule has 1 saturated carbocycles. The molecule has 6 nitrogen and oxygen atoms in total. The molecule has 4 heterocycles. The largest absolute Gasteiger partial charge is 0.417 e. The lowest BCUT2D eigenvalue weighted by Crippen LogP contribution is -2.33. The summed E-state index contributed by atoms with van der Waals surface area (Å²) in [6.07, 6.45) is 4.75. The molecule has 1 aromatic carbocycles. The Morgan fingerprint density at radius 2 is 1.82 bits per heavy atom. The molecule has 1 spiro atoms. The molecule has 2 aliphatic carbocycles. The van der Waals surface area contributed by atoms with E-state index in [9.17, 15) is 13.2 Å². The van der Waals surface area contributed by atoms with Gasteiger partial charge in [0, 0.05) is 27.8 Å². The highest BCUT2D eigenvalue weighted by molar-refractivity contribution is 7.22. The maximum absolute atomic E-state index is 13.7. The number of likely N-dealkylation sites (tertiary alicyclic amines) is 1. The van der Waals surface area contributed by atoms with Crippen LogP contribution in [0.1, 0.15) is 55.2 Å². The van der Waals surface area contributed by atoms with Gasteiger partial charge in [-0.05, 0) is 101 Å².